The van der Waals surface area contributed by atoms with Crippen LogP contribution in [0.15, 0.2) is 79.1 Å². The second kappa shape index (κ2) is 5.45. The van der Waals surface area contributed by atoms with Crippen molar-refractivity contribution in [3.8, 4) is 5.95 Å². The summed E-state index contributed by atoms with van der Waals surface area (Å²) >= 11 is 0. The average molecular weight is 285 g/mol. The van der Waals surface area contributed by atoms with Gasteiger partial charge in [-0.1, -0.05) is 48.5 Å². The third-order valence-corrected chi connectivity index (χ3v) is 3.77. The zero-order valence-electron chi connectivity index (χ0n) is 12.1. The first-order valence-electron chi connectivity index (χ1n) is 7.32. The van der Waals surface area contributed by atoms with Crippen molar-refractivity contribution >= 4 is 10.9 Å². The molecule has 0 aliphatic heterocycles. The fourth-order valence-corrected chi connectivity index (χ4v) is 2.79. The molecule has 0 N–H and O–H groups in total. The summed E-state index contributed by atoms with van der Waals surface area (Å²) < 4.78 is 2.14. The maximum Gasteiger partial charge on any atom is 0.234 e. The molecule has 0 radical (unpaired) electrons. The molecule has 0 unspecified atom stereocenters. The predicted octanol–water partition coefficient (Wildman–Crippen LogP) is 4.01. The van der Waals surface area contributed by atoms with Gasteiger partial charge in [-0.25, -0.2) is 9.97 Å². The number of benzene rings is 2. The summed E-state index contributed by atoms with van der Waals surface area (Å²) in [5.41, 5.74) is 3.61. The van der Waals surface area contributed by atoms with Gasteiger partial charge in [0.25, 0.3) is 0 Å². The molecular formula is C19H15N3. The monoisotopic (exact) mass is 285 g/mol. The van der Waals surface area contributed by atoms with Gasteiger partial charge in [0.05, 0.1) is 5.52 Å². The van der Waals surface area contributed by atoms with E-state index in [1.54, 1.807) is 12.4 Å². The number of hydrogen-bond acceptors (Lipinski definition) is 2. The highest BCUT2D eigenvalue weighted by Gasteiger charge is 2.12. The summed E-state index contributed by atoms with van der Waals surface area (Å²) in [7, 11) is 0. The molecule has 0 amide bonds. The molecule has 22 heavy (non-hydrogen) atoms. The number of nitrogens with zero attached hydrogens (tertiary/aromatic N) is 3. The molecule has 0 saturated heterocycles. The molecule has 0 atom stereocenters. The van der Waals surface area contributed by atoms with Crippen molar-refractivity contribution < 1.29 is 0 Å². The van der Waals surface area contributed by atoms with E-state index in [0.717, 1.165) is 17.9 Å². The Morgan fingerprint density at radius 1 is 0.773 bits per heavy atom. The molecule has 0 saturated carbocycles. The third kappa shape index (κ3) is 2.27. The summed E-state index contributed by atoms with van der Waals surface area (Å²) in [6.07, 6.45) is 4.42. The molecule has 0 bridgehead atoms. The van der Waals surface area contributed by atoms with Crippen LogP contribution in [0, 0.1) is 0 Å². The molecule has 106 valence electrons. The van der Waals surface area contributed by atoms with E-state index in [2.05, 4.69) is 63.1 Å². The van der Waals surface area contributed by atoms with Crippen LogP contribution in [0.3, 0.4) is 0 Å². The van der Waals surface area contributed by atoms with Gasteiger partial charge in [-0.3, -0.25) is 4.57 Å². The van der Waals surface area contributed by atoms with Gasteiger partial charge in [0.1, 0.15) is 0 Å². The highest BCUT2D eigenvalue weighted by Crippen LogP contribution is 2.24. The highest BCUT2D eigenvalue weighted by molar-refractivity contribution is 5.82. The largest absolute Gasteiger partial charge is 0.282 e. The molecule has 3 nitrogen and oxygen atoms in total. The van der Waals surface area contributed by atoms with Crippen molar-refractivity contribution in [3.05, 3.63) is 90.4 Å². The maximum atomic E-state index is 4.43. The number of hydrogen-bond donors (Lipinski definition) is 0. The molecule has 0 aliphatic carbocycles. The first-order chi connectivity index (χ1) is 10.9. The van der Waals surface area contributed by atoms with Gasteiger partial charge in [0, 0.05) is 29.9 Å². The van der Waals surface area contributed by atoms with Crippen LogP contribution in [0.5, 0.6) is 0 Å². The fourth-order valence-electron chi connectivity index (χ4n) is 2.79. The molecule has 2 heterocycles. The molecule has 3 heteroatoms. The quantitative estimate of drug-likeness (QED) is 0.569. The first-order valence-corrected chi connectivity index (χ1v) is 7.32. The van der Waals surface area contributed by atoms with Gasteiger partial charge in [0.15, 0.2) is 0 Å². The minimum absolute atomic E-state index is 0.717. The van der Waals surface area contributed by atoms with E-state index in [9.17, 15) is 0 Å². The molecule has 0 spiro atoms. The zero-order valence-corrected chi connectivity index (χ0v) is 12.1. The van der Waals surface area contributed by atoms with Crippen LogP contribution in [-0.4, -0.2) is 14.5 Å². The Morgan fingerprint density at radius 2 is 1.50 bits per heavy atom. The second-order valence-corrected chi connectivity index (χ2v) is 5.24. The SMILES string of the molecule is c1ccc(Cc2cc3ccccc3n2-c2ncccn2)cc1. The minimum atomic E-state index is 0.717. The van der Waals surface area contributed by atoms with Gasteiger partial charge in [0.2, 0.25) is 5.95 Å². The lowest BCUT2D eigenvalue weighted by molar-refractivity contribution is 0.899. The molecule has 4 aromatic rings. The number of fused-ring (bicyclic) bond motifs is 1. The zero-order chi connectivity index (χ0) is 14.8. The Balaban J connectivity index is 1.90. The molecule has 0 fully saturated rings. The van der Waals surface area contributed by atoms with Crippen molar-refractivity contribution in [3.63, 3.8) is 0 Å². The summed E-state index contributed by atoms with van der Waals surface area (Å²) in [6, 6.07) is 22.9. The lowest BCUT2D eigenvalue weighted by atomic mass is 10.1. The Hall–Kier alpha value is -2.94. The van der Waals surface area contributed by atoms with Gasteiger partial charge in [-0.15, -0.1) is 0 Å². The van der Waals surface area contributed by atoms with Gasteiger partial charge in [-0.2, -0.15) is 0 Å². The van der Waals surface area contributed by atoms with Crippen LogP contribution in [-0.2, 0) is 6.42 Å². The van der Waals surface area contributed by atoms with Crippen molar-refractivity contribution in [2.75, 3.05) is 0 Å². The number of aromatic nitrogens is 3. The predicted molar refractivity (Wildman–Crippen MR) is 88.1 cm³/mol. The molecule has 4 rings (SSSR count). The van der Waals surface area contributed by atoms with Crippen LogP contribution in [0.25, 0.3) is 16.9 Å². The Kier molecular flexibility index (Phi) is 3.16. The summed E-state index contributed by atoms with van der Waals surface area (Å²) in [4.78, 5) is 8.85. The van der Waals surface area contributed by atoms with E-state index >= 15 is 0 Å². The number of para-hydroxylation sites is 1. The van der Waals surface area contributed by atoms with Crippen molar-refractivity contribution in [2.24, 2.45) is 0 Å². The fraction of sp³-hybridized carbons (Fsp3) is 0.0526. The minimum Gasteiger partial charge on any atom is -0.282 e. The Labute approximate surface area is 128 Å². The standard InChI is InChI=1S/C19H15N3/c1-2-7-15(8-3-1)13-17-14-16-9-4-5-10-18(16)22(17)19-20-11-6-12-21-19/h1-12,14H,13H2. The maximum absolute atomic E-state index is 4.43. The smallest absolute Gasteiger partial charge is 0.234 e. The van der Waals surface area contributed by atoms with Gasteiger partial charge < -0.3 is 0 Å². The first kappa shape index (κ1) is 12.8. The Morgan fingerprint density at radius 3 is 2.32 bits per heavy atom. The second-order valence-electron chi connectivity index (χ2n) is 5.24. The van der Waals surface area contributed by atoms with E-state index in [-0.39, 0.29) is 0 Å². The van der Waals surface area contributed by atoms with Crippen molar-refractivity contribution in [1.82, 2.24) is 14.5 Å². The Bertz CT molecular complexity index is 896. The normalized spacial score (nSPS) is 10.9. The lowest BCUT2D eigenvalue weighted by Crippen LogP contribution is -2.04. The topological polar surface area (TPSA) is 30.7 Å². The van der Waals surface area contributed by atoms with Crippen LogP contribution in [0.2, 0.25) is 0 Å². The van der Waals surface area contributed by atoms with Crippen LogP contribution in [0.4, 0.5) is 0 Å². The van der Waals surface area contributed by atoms with E-state index in [0.29, 0.717) is 0 Å². The lowest BCUT2D eigenvalue weighted by Gasteiger charge is -2.08. The average Bonchev–Trinajstić information content (AvgIpc) is 2.94. The summed E-state index contributed by atoms with van der Waals surface area (Å²) in [6.45, 7) is 0. The van der Waals surface area contributed by atoms with Gasteiger partial charge >= 0.3 is 0 Å². The van der Waals surface area contributed by atoms with Crippen LogP contribution >= 0.6 is 0 Å². The highest BCUT2D eigenvalue weighted by atomic mass is 15.1. The van der Waals surface area contributed by atoms with Crippen LogP contribution in [0.1, 0.15) is 11.3 Å². The number of rotatable bonds is 3. The van der Waals surface area contributed by atoms with E-state index in [1.165, 1.54) is 16.6 Å². The van der Waals surface area contributed by atoms with Crippen molar-refractivity contribution in [1.29, 1.82) is 0 Å². The van der Waals surface area contributed by atoms with Crippen molar-refractivity contribution in [2.45, 2.75) is 6.42 Å². The summed E-state index contributed by atoms with van der Waals surface area (Å²) in [5.74, 6) is 0.717. The molecule has 2 aromatic carbocycles. The van der Waals surface area contributed by atoms with Crippen LogP contribution < -0.4 is 0 Å². The van der Waals surface area contributed by atoms with E-state index in [1.807, 2.05) is 18.2 Å². The molecule has 0 aliphatic rings. The van der Waals surface area contributed by atoms with E-state index in [4.69, 9.17) is 0 Å². The summed E-state index contributed by atoms with van der Waals surface area (Å²) in [5, 5.41) is 1.21. The third-order valence-electron chi connectivity index (χ3n) is 3.77. The molecule has 2 aromatic heterocycles. The van der Waals surface area contributed by atoms with E-state index < -0.39 is 0 Å². The van der Waals surface area contributed by atoms with Gasteiger partial charge in [-0.05, 0) is 23.8 Å². The molecular weight excluding hydrogens is 270 g/mol.